The molecule has 132 valence electrons. The molecule has 0 fully saturated rings. The van der Waals surface area contributed by atoms with Crippen LogP contribution in [0.4, 0.5) is 11.4 Å². The first kappa shape index (κ1) is 18.8. The molecular formula is C19H21ClN2O3. The Kier molecular flexibility index (Phi) is 6.42. The summed E-state index contributed by atoms with van der Waals surface area (Å²) in [4.78, 5) is 23.9. The predicted molar refractivity (Wildman–Crippen MR) is 101 cm³/mol. The molecular weight excluding hydrogens is 340 g/mol. The zero-order valence-corrected chi connectivity index (χ0v) is 15.2. The van der Waals surface area contributed by atoms with Gasteiger partial charge in [-0.05, 0) is 56.3 Å². The van der Waals surface area contributed by atoms with Gasteiger partial charge in [0, 0.05) is 17.7 Å². The maximum atomic E-state index is 12.4. The van der Waals surface area contributed by atoms with Gasteiger partial charge in [-0.3, -0.25) is 9.59 Å². The van der Waals surface area contributed by atoms with Crippen LogP contribution in [-0.4, -0.2) is 17.9 Å². The van der Waals surface area contributed by atoms with E-state index in [0.29, 0.717) is 34.1 Å². The van der Waals surface area contributed by atoms with Crippen LogP contribution in [0.15, 0.2) is 42.5 Å². The molecule has 25 heavy (non-hydrogen) atoms. The first-order valence-corrected chi connectivity index (χ1v) is 8.44. The van der Waals surface area contributed by atoms with Crippen molar-refractivity contribution in [3.8, 4) is 5.75 Å². The third-order valence-corrected chi connectivity index (χ3v) is 3.64. The Morgan fingerprint density at radius 3 is 2.36 bits per heavy atom. The normalized spacial score (nSPS) is 10.4. The second-order valence-electron chi connectivity index (χ2n) is 5.74. The lowest BCUT2D eigenvalue weighted by Crippen LogP contribution is -2.14. The SMILES string of the molecule is CCC(=O)Nc1ccc(Cl)c(NC(=O)c2ccc(OC(C)C)cc2)c1. The Labute approximate surface area is 152 Å². The second-order valence-corrected chi connectivity index (χ2v) is 6.15. The third kappa shape index (κ3) is 5.50. The van der Waals surface area contributed by atoms with Gasteiger partial charge in [0.05, 0.1) is 16.8 Å². The summed E-state index contributed by atoms with van der Waals surface area (Å²) in [6.45, 7) is 5.64. The largest absolute Gasteiger partial charge is 0.491 e. The zero-order chi connectivity index (χ0) is 18.4. The summed E-state index contributed by atoms with van der Waals surface area (Å²) in [5.74, 6) is 0.297. The molecule has 0 unspecified atom stereocenters. The Bertz CT molecular complexity index is 758. The molecule has 2 rings (SSSR count). The van der Waals surface area contributed by atoms with Crippen LogP contribution in [-0.2, 0) is 4.79 Å². The van der Waals surface area contributed by atoms with Crippen molar-refractivity contribution in [2.75, 3.05) is 10.6 Å². The van der Waals surface area contributed by atoms with Crippen LogP contribution >= 0.6 is 11.6 Å². The van der Waals surface area contributed by atoms with Gasteiger partial charge in [-0.2, -0.15) is 0 Å². The Morgan fingerprint density at radius 2 is 1.76 bits per heavy atom. The highest BCUT2D eigenvalue weighted by Crippen LogP contribution is 2.26. The summed E-state index contributed by atoms with van der Waals surface area (Å²) in [5.41, 5.74) is 1.49. The predicted octanol–water partition coefficient (Wildman–Crippen LogP) is 4.73. The molecule has 0 aliphatic heterocycles. The van der Waals surface area contributed by atoms with Crippen LogP contribution in [0.2, 0.25) is 5.02 Å². The van der Waals surface area contributed by atoms with Crippen molar-refractivity contribution < 1.29 is 14.3 Å². The fourth-order valence-corrected chi connectivity index (χ4v) is 2.26. The van der Waals surface area contributed by atoms with Crippen molar-refractivity contribution in [2.24, 2.45) is 0 Å². The molecule has 0 saturated heterocycles. The van der Waals surface area contributed by atoms with Gasteiger partial charge in [0.2, 0.25) is 5.91 Å². The van der Waals surface area contributed by atoms with Gasteiger partial charge in [0.15, 0.2) is 0 Å². The number of carbonyl (C=O) groups excluding carboxylic acids is 2. The van der Waals surface area contributed by atoms with Crippen molar-refractivity contribution in [1.82, 2.24) is 0 Å². The van der Waals surface area contributed by atoms with E-state index < -0.39 is 0 Å². The molecule has 0 aliphatic rings. The van der Waals surface area contributed by atoms with Gasteiger partial charge in [0.25, 0.3) is 5.91 Å². The molecule has 6 heteroatoms. The lowest BCUT2D eigenvalue weighted by Gasteiger charge is -2.12. The van der Waals surface area contributed by atoms with E-state index in [1.807, 2.05) is 13.8 Å². The van der Waals surface area contributed by atoms with Crippen LogP contribution in [0.5, 0.6) is 5.75 Å². The van der Waals surface area contributed by atoms with E-state index in [4.69, 9.17) is 16.3 Å². The molecule has 2 N–H and O–H groups in total. The number of benzene rings is 2. The van der Waals surface area contributed by atoms with E-state index in [1.165, 1.54) is 0 Å². The van der Waals surface area contributed by atoms with E-state index in [0.717, 1.165) is 0 Å². The van der Waals surface area contributed by atoms with Gasteiger partial charge >= 0.3 is 0 Å². The van der Waals surface area contributed by atoms with Crippen LogP contribution in [0.25, 0.3) is 0 Å². The minimum atomic E-state index is -0.294. The van der Waals surface area contributed by atoms with Crippen LogP contribution < -0.4 is 15.4 Å². The van der Waals surface area contributed by atoms with E-state index in [-0.39, 0.29) is 17.9 Å². The van der Waals surface area contributed by atoms with Gasteiger partial charge in [-0.1, -0.05) is 18.5 Å². The summed E-state index contributed by atoms with van der Waals surface area (Å²) >= 11 is 6.13. The minimum Gasteiger partial charge on any atom is -0.491 e. The van der Waals surface area contributed by atoms with Gasteiger partial charge in [-0.15, -0.1) is 0 Å². The second kappa shape index (κ2) is 8.53. The van der Waals surface area contributed by atoms with Crippen LogP contribution in [0.1, 0.15) is 37.6 Å². The quantitative estimate of drug-likeness (QED) is 0.782. The minimum absolute atomic E-state index is 0.0690. The number of hydrogen-bond acceptors (Lipinski definition) is 3. The van der Waals surface area contributed by atoms with E-state index in [9.17, 15) is 9.59 Å². The van der Waals surface area contributed by atoms with Crippen molar-refractivity contribution in [3.63, 3.8) is 0 Å². The fourth-order valence-electron chi connectivity index (χ4n) is 2.10. The average molecular weight is 361 g/mol. The topological polar surface area (TPSA) is 67.4 Å². The number of nitrogens with one attached hydrogen (secondary N) is 2. The molecule has 0 aliphatic carbocycles. The highest BCUT2D eigenvalue weighted by molar-refractivity contribution is 6.34. The number of rotatable bonds is 6. The Morgan fingerprint density at radius 1 is 1.08 bits per heavy atom. The van der Waals surface area contributed by atoms with E-state index in [2.05, 4.69) is 10.6 Å². The van der Waals surface area contributed by atoms with E-state index in [1.54, 1.807) is 49.4 Å². The van der Waals surface area contributed by atoms with Crippen molar-refractivity contribution >= 4 is 34.8 Å². The van der Waals surface area contributed by atoms with E-state index >= 15 is 0 Å². The van der Waals surface area contributed by atoms with Gasteiger partial charge < -0.3 is 15.4 Å². The molecule has 0 atom stereocenters. The first-order chi connectivity index (χ1) is 11.9. The summed E-state index contributed by atoms with van der Waals surface area (Å²) in [6, 6.07) is 11.8. The summed E-state index contributed by atoms with van der Waals surface area (Å²) in [6.07, 6.45) is 0.439. The molecule has 0 spiro atoms. The Hall–Kier alpha value is -2.53. The lowest BCUT2D eigenvalue weighted by atomic mass is 10.2. The molecule has 0 heterocycles. The maximum absolute atomic E-state index is 12.4. The molecule has 0 saturated carbocycles. The maximum Gasteiger partial charge on any atom is 0.255 e. The molecule has 2 aromatic carbocycles. The monoisotopic (exact) mass is 360 g/mol. The van der Waals surface area contributed by atoms with Gasteiger partial charge in [-0.25, -0.2) is 0 Å². The average Bonchev–Trinajstić information content (AvgIpc) is 2.57. The zero-order valence-electron chi connectivity index (χ0n) is 14.4. The number of halogens is 1. The number of anilines is 2. The molecule has 0 aromatic heterocycles. The number of carbonyl (C=O) groups is 2. The van der Waals surface area contributed by atoms with Crippen molar-refractivity contribution in [1.29, 1.82) is 0 Å². The Balaban J connectivity index is 2.11. The molecule has 2 aromatic rings. The number of amides is 2. The lowest BCUT2D eigenvalue weighted by molar-refractivity contribution is -0.115. The van der Waals surface area contributed by atoms with Crippen molar-refractivity contribution in [3.05, 3.63) is 53.1 Å². The summed E-state index contributed by atoms with van der Waals surface area (Å²) < 4.78 is 5.56. The molecule has 0 radical (unpaired) electrons. The number of hydrogen-bond donors (Lipinski definition) is 2. The van der Waals surface area contributed by atoms with Gasteiger partial charge in [0.1, 0.15) is 5.75 Å². The standard InChI is InChI=1S/C19H21ClN2O3/c1-4-18(23)21-14-7-10-16(20)17(11-14)22-19(24)13-5-8-15(9-6-13)25-12(2)3/h5-12H,4H2,1-3H3,(H,21,23)(H,22,24). The molecule has 2 amide bonds. The summed E-state index contributed by atoms with van der Waals surface area (Å²) in [7, 11) is 0. The summed E-state index contributed by atoms with van der Waals surface area (Å²) in [5, 5.41) is 5.88. The van der Waals surface area contributed by atoms with Crippen molar-refractivity contribution in [2.45, 2.75) is 33.3 Å². The molecule has 0 bridgehead atoms. The third-order valence-electron chi connectivity index (χ3n) is 3.31. The van der Waals surface area contributed by atoms with Crippen LogP contribution in [0, 0.1) is 0 Å². The van der Waals surface area contributed by atoms with Crippen LogP contribution in [0.3, 0.4) is 0 Å². The highest BCUT2D eigenvalue weighted by Gasteiger charge is 2.10. The highest BCUT2D eigenvalue weighted by atomic mass is 35.5. The first-order valence-electron chi connectivity index (χ1n) is 8.06. The fraction of sp³-hybridized carbons (Fsp3) is 0.263. The smallest absolute Gasteiger partial charge is 0.255 e. The molecule has 5 nitrogen and oxygen atoms in total. The number of ether oxygens (including phenoxy) is 1.